The molecule has 3 rings (SSSR count). The van der Waals surface area contributed by atoms with Gasteiger partial charge in [0.05, 0.1) is 31.4 Å². The molecular weight excluding hydrogens is 457 g/mol. The van der Waals surface area contributed by atoms with Gasteiger partial charge in [0.25, 0.3) is 0 Å². The summed E-state index contributed by atoms with van der Waals surface area (Å²) in [6, 6.07) is 12.1. The molecule has 32 heavy (non-hydrogen) atoms. The number of rotatable bonds is 9. The Balaban J connectivity index is 1.65. The summed E-state index contributed by atoms with van der Waals surface area (Å²) >= 11 is 1.17. The van der Waals surface area contributed by atoms with Gasteiger partial charge in [-0.1, -0.05) is 11.8 Å². The van der Waals surface area contributed by atoms with E-state index >= 15 is 0 Å². The molecule has 0 radical (unpaired) electrons. The number of thioether (sulfide) groups is 1. The summed E-state index contributed by atoms with van der Waals surface area (Å²) in [5, 5.41) is 11.4. The summed E-state index contributed by atoms with van der Waals surface area (Å²) in [5.74, 6) is 0.456. The molecule has 1 N–H and O–H groups in total. The number of hydrogen-bond donors (Lipinski definition) is 1. The minimum absolute atomic E-state index is 0.0890. The molecule has 1 aromatic heterocycles. The van der Waals surface area contributed by atoms with Crippen molar-refractivity contribution in [1.29, 1.82) is 0 Å². The lowest BCUT2D eigenvalue weighted by Gasteiger charge is -2.21. The van der Waals surface area contributed by atoms with Gasteiger partial charge in [0.15, 0.2) is 11.0 Å². The zero-order valence-electron chi connectivity index (χ0n) is 17.6. The van der Waals surface area contributed by atoms with E-state index in [4.69, 9.17) is 4.74 Å². The number of nitrogens with one attached hydrogen (secondary N) is 1. The number of carbonyl (C=O) groups is 1. The van der Waals surface area contributed by atoms with Crippen molar-refractivity contribution in [2.45, 2.75) is 11.7 Å². The Kier molecular flexibility index (Phi) is 7.36. The smallest absolute Gasteiger partial charge is 0.234 e. The lowest BCUT2D eigenvalue weighted by Crippen LogP contribution is -2.30. The van der Waals surface area contributed by atoms with Gasteiger partial charge in [0.1, 0.15) is 11.6 Å². The first-order chi connectivity index (χ1) is 15.2. The molecule has 170 valence electrons. The zero-order valence-corrected chi connectivity index (χ0v) is 19.3. The van der Waals surface area contributed by atoms with Crippen LogP contribution < -0.4 is 14.4 Å². The highest BCUT2D eigenvalue weighted by Crippen LogP contribution is 2.23. The second-order valence-corrected chi connectivity index (χ2v) is 9.62. The molecule has 0 atom stereocenters. The Labute approximate surface area is 189 Å². The number of aromatic nitrogens is 3. The van der Waals surface area contributed by atoms with Crippen molar-refractivity contribution in [2.24, 2.45) is 7.05 Å². The van der Waals surface area contributed by atoms with Crippen LogP contribution in [0.2, 0.25) is 0 Å². The fraction of sp³-hybridized carbons (Fsp3) is 0.250. The van der Waals surface area contributed by atoms with Gasteiger partial charge in [0, 0.05) is 12.7 Å². The van der Waals surface area contributed by atoms with Gasteiger partial charge in [-0.3, -0.25) is 9.10 Å². The molecule has 0 fully saturated rings. The molecule has 0 aliphatic carbocycles. The number of sulfonamides is 1. The third kappa shape index (κ3) is 5.98. The third-order valence-electron chi connectivity index (χ3n) is 4.43. The number of benzene rings is 2. The zero-order chi connectivity index (χ0) is 23.3. The van der Waals surface area contributed by atoms with E-state index in [0.717, 1.165) is 10.6 Å². The Hall–Kier alpha value is -3.12. The number of halogens is 1. The number of nitrogens with zero attached hydrogens (tertiary/aromatic N) is 4. The minimum Gasteiger partial charge on any atom is -0.497 e. The number of ether oxygens (including phenoxy) is 1. The van der Waals surface area contributed by atoms with E-state index in [1.54, 1.807) is 43.0 Å². The van der Waals surface area contributed by atoms with Crippen LogP contribution in [0.3, 0.4) is 0 Å². The molecule has 0 unspecified atom stereocenters. The second kappa shape index (κ2) is 10.0. The van der Waals surface area contributed by atoms with E-state index in [1.807, 2.05) is 0 Å². The minimum atomic E-state index is -3.65. The highest BCUT2D eigenvalue weighted by molar-refractivity contribution is 7.99. The monoisotopic (exact) mass is 479 g/mol. The van der Waals surface area contributed by atoms with Crippen molar-refractivity contribution >= 4 is 39.1 Å². The van der Waals surface area contributed by atoms with Crippen molar-refractivity contribution in [3.8, 4) is 5.75 Å². The van der Waals surface area contributed by atoms with Gasteiger partial charge in [-0.25, -0.2) is 12.8 Å². The van der Waals surface area contributed by atoms with Crippen LogP contribution in [0.15, 0.2) is 53.7 Å². The molecule has 0 saturated carbocycles. The average molecular weight is 480 g/mol. The van der Waals surface area contributed by atoms with Crippen LogP contribution in [0.25, 0.3) is 0 Å². The molecule has 0 aliphatic rings. The Bertz CT molecular complexity index is 1180. The predicted octanol–water partition coefficient (Wildman–Crippen LogP) is 2.66. The van der Waals surface area contributed by atoms with E-state index in [0.29, 0.717) is 28.1 Å². The van der Waals surface area contributed by atoms with Crippen LogP contribution in [-0.2, 0) is 28.4 Å². The topological polar surface area (TPSA) is 106 Å². The highest BCUT2D eigenvalue weighted by atomic mass is 32.2. The predicted molar refractivity (Wildman–Crippen MR) is 121 cm³/mol. The Morgan fingerprint density at radius 3 is 2.41 bits per heavy atom. The molecule has 0 spiro atoms. The van der Waals surface area contributed by atoms with Gasteiger partial charge in [-0.15, -0.1) is 10.2 Å². The van der Waals surface area contributed by atoms with Crippen molar-refractivity contribution in [2.75, 3.05) is 28.7 Å². The number of amides is 1. The van der Waals surface area contributed by atoms with E-state index in [-0.39, 0.29) is 18.2 Å². The molecule has 0 saturated heterocycles. The quantitative estimate of drug-likeness (QED) is 0.470. The maximum Gasteiger partial charge on any atom is 0.234 e. The summed E-state index contributed by atoms with van der Waals surface area (Å²) in [6.45, 7) is -0.0907. The lowest BCUT2D eigenvalue weighted by atomic mass is 10.3. The van der Waals surface area contributed by atoms with Crippen LogP contribution in [0, 0.1) is 5.82 Å². The number of hydrogen-bond acceptors (Lipinski definition) is 7. The second-order valence-electron chi connectivity index (χ2n) is 6.77. The Morgan fingerprint density at radius 2 is 1.81 bits per heavy atom. The molecule has 2 aromatic carbocycles. The molecule has 0 aliphatic heterocycles. The van der Waals surface area contributed by atoms with Gasteiger partial charge in [-0.2, -0.15) is 0 Å². The molecule has 12 heteroatoms. The average Bonchev–Trinajstić information content (AvgIpc) is 3.10. The summed E-state index contributed by atoms with van der Waals surface area (Å²) in [6.07, 6.45) is 1.06. The van der Waals surface area contributed by atoms with Crippen molar-refractivity contribution in [3.63, 3.8) is 0 Å². The molecule has 1 heterocycles. The molecule has 0 bridgehead atoms. The fourth-order valence-electron chi connectivity index (χ4n) is 2.75. The SMILES string of the molecule is COc1ccc(NC(=O)CSc2nnc(CN(c3ccc(F)cc3)S(C)(=O)=O)n2C)cc1. The van der Waals surface area contributed by atoms with Crippen molar-refractivity contribution in [1.82, 2.24) is 14.8 Å². The summed E-state index contributed by atoms with van der Waals surface area (Å²) in [5.41, 5.74) is 0.947. The maximum atomic E-state index is 13.2. The van der Waals surface area contributed by atoms with E-state index in [2.05, 4.69) is 15.5 Å². The fourth-order valence-corrected chi connectivity index (χ4v) is 4.33. The maximum absolute atomic E-state index is 13.2. The molecule has 1 amide bonds. The van der Waals surface area contributed by atoms with Crippen LogP contribution in [-0.4, -0.2) is 48.2 Å². The van der Waals surface area contributed by atoms with Crippen LogP contribution in [0.4, 0.5) is 15.8 Å². The van der Waals surface area contributed by atoms with Crippen molar-refractivity contribution < 1.29 is 22.3 Å². The third-order valence-corrected chi connectivity index (χ3v) is 6.59. The Morgan fingerprint density at radius 1 is 1.16 bits per heavy atom. The van der Waals surface area contributed by atoms with Crippen LogP contribution in [0.5, 0.6) is 5.75 Å². The van der Waals surface area contributed by atoms with Gasteiger partial charge >= 0.3 is 0 Å². The lowest BCUT2D eigenvalue weighted by molar-refractivity contribution is -0.113. The van der Waals surface area contributed by atoms with Gasteiger partial charge < -0.3 is 14.6 Å². The normalized spacial score (nSPS) is 11.2. The number of methoxy groups -OCH3 is 1. The first kappa shape index (κ1) is 23.5. The van der Waals surface area contributed by atoms with E-state index in [9.17, 15) is 17.6 Å². The summed E-state index contributed by atoms with van der Waals surface area (Å²) in [4.78, 5) is 12.2. The standard InChI is InChI=1S/C20H22FN5O4S2/c1-25-18(12-26(32(3,28)29)16-8-4-14(21)5-9-16)23-24-20(25)31-13-19(27)22-15-6-10-17(30-2)11-7-15/h4-11H,12-13H2,1-3H3,(H,22,27). The van der Waals surface area contributed by atoms with Crippen LogP contribution >= 0.6 is 11.8 Å². The largest absolute Gasteiger partial charge is 0.497 e. The van der Waals surface area contributed by atoms with E-state index in [1.165, 1.54) is 36.0 Å². The highest BCUT2D eigenvalue weighted by Gasteiger charge is 2.22. The summed E-state index contributed by atoms with van der Waals surface area (Å²) < 4.78 is 45.6. The van der Waals surface area contributed by atoms with Gasteiger partial charge in [-0.05, 0) is 48.5 Å². The molecular formula is C20H22FN5O4S2. The van der Waals surface area contributed by atoms with Gasteiger partial charge in [0.2, 0.25) is 15.9 Å². The number of carbonyl (C=O) groups excluding carboxylic acids is 1. The number of anilines is 2. The van der Waals surface area contributed by atoms with Crippen molar-refractivity contribution in [3.05, 3.63) is 60.2 Å². The van der Waals surface area contributed by atoms with E-state index < -0.39 is 15.8 Å². The summed E-state index contributed by atoms with van der Waals surface area (Å²) in [7, 11) is -0.404. The first-order valence-corrected chi connectivity index (χ1v) is 12.2. The van der Waals surface area contributed by atoms with Crippen LogP contribution in [0.1, 0.15) is 5.82 Å². The first-order valence-electron chi connectivity index (χ1n) is 9.35. The molecule has 3 aromatic rings. The molecule has 9 nitrogen and oxygen atoms in total.